The van der Waals surface area contributed by atoms with Gasteiger partial charge in [-0.3, -0.25) is 0 Å². The highest BCUT2D eigenvalue weighted by molar-refractivity contribution is 5.63. The normalized spacial score (nSPS) is 10.8. The van der Waals surface area contributed by atoms with E-state index >= 15 is 0 Å². The summed E-state index contributed by atoms with van der Waals surface area (Å²) >= 11 is 0. The molecule has 0 saturated heterocycles. The lowest BCUT2D eigenvalue weighted by Gasteiger charge is -2.00. The topological polar surface area (TPSA) is 40.5 Å². The van der Waals surface area contributed by atoms with Crippen LogP contribution in [0.15, 0.2) is 24.3 Å². The van der Waals surface area contributed by atoms with Gasteiger partial charge in [0.2, 0.25) is 0 Å². The predicted octanol–water partition coefficient (Wildman–Crippen LogP) is 2.91. The molecule has 13 heavy (non-hydrogen) atoms. The van der Waals surface area contributed by atoms with Crippen LogP contribution in [0.2, 0.25) is 0 Å². The number of phenolic OH excluding ortho intramolecular Hbond substituents is 2. The predicted molar refractivity (Wildman–Crippen MR) is 53.7 cm³/mol. The number of hydrogen-bond donors (Lipinski definition) is 2. The molecule has 0 unspecified atom stereocenters. The van der Waals surface area contributed by atoms with E-state index in [0.29, 0.717) is 5.56 Å². The summed E-state index contributed by atoms with van der Waals surface area (Å²) in [5.74, 6) is 0.236. The Morgan fingerprint density at radius 3 is 2.38 bits per heavy atom. The average molecular weight is 178 g/mol. The van der Waals surface area contributed by atoms with Gasteiger partial charge in [-0.05, 0) is 18.6 Å². The van der Waals surface area contributed by atoms with E-state index < -0.39 is 0 Å². The summed E-state index contributed by atoms with van der Waals surface area (Å²) in [7, 11) is 0. The molecule has 70 valence electrons. The van der Waals surface area contributed by atoms with Crippen molar-refractivity contribution in [1.82, 2.24) is 0 Å². The standard InChI is InChI=1S/C11H14O2/c1-2-3-4-6-9-10(12)7-5-8-11(9)13/h4-8,12-13H,2-3H2,1H3. The van der Waals surface area contributed by atoms with Crippen LogP contribution in [-0.4, -0.2) is 10.2 Å². The van der Waals surface area contributed by atoms with Crippen LogP contribution in [0.4, 0.5) is 0 Å². The van der Waals surface area contributed by atoms with Crippen LogP contribution >= 0.6 is 0 Å². The fourth-order valence-electron chi connectivity index (χ4n) is 1.08. The second kappa shape index (κ2) is 4.55. The monoisotopic (exact) mass is 178 g/mol. The summed E-state index contributed by atoms with van der Waals surface area (Å²) in [6.45, 7) is 2.08. The van der Waals surface area contributed by atoms with Gasteiger partial charge in [-0.1, -0.05) is 31.6 Å². The Bertz CT molecular complexity index is 283. The molecule has 1 rings (SSSR count). The van der Waals surface area contributed by atoms with Crippen molar-refractivity contribution >= 4 is 6.08 Å². The molecule has 0 bridgehead atoms. The minimum absolute atomic E-state index is 0.118. The third-order valence-electron chi connectivity index (χ3n) is 1.80. The zero-order valence-electron chi connectivity index (χ0n) is 7.70. The number of hydrogen-bond acceptors (Lipinski definition) is 2. The van der Waals surface area contributed by atoms with Gasteiger partial charge in [-0.2, -0.15) is 0 Å². The van der Waals surface area contributed by atoms with Crippen LogP contribution in [0.25, 0.3) is 6.08 Å². The van der Waals surface area contributed by atoms with E-state index in [2.05, 4.69) is 6.92 Å². The Kier molecular flexibility index (Phi) is 3.38. The number of allylic oxidation sites excluding steroid dienone is 1. The van der Waals surface area contributed by atoms with Crippen molar-refractivity contribution in [3.05, 3.63) is 29.8 Å². The van der Waals surface area contributed by atoms with Gasteiger partial charge in [0.25, 0.3) is 0 Å². The number of phenols is 2. The van der Waals surface area contributed by atoms with Crippen molar-refractivity contribution in [2.75, 3.05) is 0 Å². The quantitative estimate of drug-likeness (QED) is 0.747. The van der Waals surface area contributed by atoms with Crippen molar-refractivity contribution in [2.24, 2.45) is 0 Å². The molecule has 2 nitrogen and oxygen atoms in total. The van der Waals surface area contributed by atoms with Gasteiger partial charge in [0, 0.05) is 0 Å². The second-order valence-corrected chi connectivity index (χ2v) is 2.90. The molecule has 0 radical (unpaired) electrons. The zero-order chi connectivity index (χ0) is 9.68. The summed E-state index contributed by atoms with van der Waals surface area (Å²) in [4.78, 5) is 0. The molecule has 1 aromatic rings. The molecule has 0 spiro atoms. The molecule has 1 aromatic carbocycles. The minimum atomic E-state index is 0.118. The van der Waals surface area contributed by atoms with Crippen LogP contribution in [0.1, 0.15) is 25.3 Å². The maximum Gasteiger partial charge on any atom is 0.126 e. The Morgan fingerprint density at radius 1 is 1.23 bits per heavy atom. The molecule has 0 aliphatic heterocycles. The molecule has 0 aliphatic carbocycles. The largest absolute Gasteiger partial charge is 0.507 e. The molecule has 0 amide bonds. The summed E-state index contributed by atoms with van der Waals surface area (Å²) in [6, 6.07) is 4.73. The molecule has 0 aliphatic rings. The Balaban J connectivity index is 2.87. The average Bonchev–Trinajstić information content (AvgIpc) is 2.10. The molecule has 2 N–H and O–H groups in total. The summed E-state index contributed by atoms with van der Waals surface area (Å²) < 4.78 is 0. The number of aromatic hydroxyl groups is 2. The minimum Gasteiger partial charge on any atom is -0.507 e. The first-order valence-electron chi connectivity index (χ1n) is 4.43. The van der Waals surface area contributed by atoms with E-state index in [1.54, 1.807) is 24.3 Å². The Morgan fingerprint density at radius 2 is 1.85 bits per heavy atom. The first-order valence-corrected chi connectivity index (χ1v) is 4.43. The van der Waals surface area contributed by atoms with Crippen LogP contribution in [0.3, 0.4) is 0 Å². The maximum absolute atomic E-state index is 9.38. The zero-order valence-corrected chi connectivity index (χ0v) is 7.70. The number of rotatable bonds is 3. The van der Waals surface area contributed by atoms with Crippen molar-refractivity contribution in [3.63, 3.8) is 0 Å². The van der Waals surface area contributed by atoms with Gasteiger partial charge in [-0.25, -0.2) is 0 Å². The van der Waals surface area contributed by atoms with E-state index in [4.69, 9.17) is 0 Å². The fourth-order valence-corrected chi connectivity index (χ4v) is 1.08. The van der Waals surface area contributed by atoms with Crippen molar-refractivity contribution in [1.29, 1.82) is 0 Å². The van der Waals surface area contributed by atoms with Gasteiger partial charge < -0.3 is 10.2 Å². The van der Waals surface area contributed by atoms with Crippen molar-refractivity contribution in [2.45, 2.75) is 19.8 Å². The van der Waals surface area contributed by atoms with Gasteiger partial charge in [0.05, 0.1) is 5.56 Å². The molecule has 2 heteroatoms. The van der Waals surface area contributed by atoms with E-state index in [1.807, 2.05) is 6.08 Å². The summed E-state index contributed by atoms with van der Waals surface area (Å²) in [6.07, 6.45) is 5.70. The summed E-state index contributed by atoms with van der Waals surface area (Å²) in [5, 5.41) is 18.8. The SMILES string of the molecule is CCCC=Cc1c(O)cccc1O. The van der Waals surface area contributed by atoms with Crippen molar-refractivity contribution < 1.29 is 10.2 Å². The van der Waals surface area contributed by atoms with Gasteiger partial charge >= 0.3 is 0 Å². The highest BCUT2D eigenvalue weighted by atomic mass is 16.3. The lowest BCUT2D eigenvalue weighted by molar-refractivity contribution is 0.448. The maximum atomic E-state index is 9.38. The molecule has 0 aromatic heterocycles. The molecular formula is C11H14O2. The van der Waals surface area contributed by atoms with Crippen LogP contribution in [-0.2, 0) is 0 Å². The van der Waals surface area contributed by atoms with Crippen LogP contribution in [0, 0.1) is 0 Å². The first kappa shape index (κ1) is 9.65. The molecular weight excluding hydrogens is 164 g/mol. The first-order chi connectivity index (χ1) is 6.25. The van der Waals surface area contributed by atoms with Crippen molar-refractivity contribution in [3.8, 4) is 11.5 Å². The third kappa shape index (κ3) is 2.51. The molecule has 0 heterocycles. The van der Waals surface area contributed by atoms with Gasteiger partial charge in [-0.15, -0.1) is 0 Å². The van der Waals surface area contributed by atoms with E-state index in [0.717, 1.165) is 12.8 Å². The second-order valence-electron chi connectivity index (χ2n) is 2.90. The lowest BCUT2D eigenvalue weighted by Crippen LogP contribution is -1.75. The summed E-state index contributed by atoms with van der Waals surface area (Å²) in [5.41, 5.74) is 0.496. The van der Waals surface area contributed by atoms with E-state index in [9.17, 15) is 10.2 Å². The number of unbranched alkanes of at least 4 members (excludes halogenated alkanes) is 1. The van der Waals surface area contributed by atoms with Gasteiger partial charge in [0.15, 0.2) is 0 Å². The highest BCUT2D eigenvalue weighted by Gasteiger charge is 2.01. The van der Waals surface area contributed by atoms with E-state index in [-0.39, 0.29) is 11.5 Å². The van der Waals surface area contributed by atoms with Crippen LogP contribution < -0.4 is 0 Å². The highest BCUT2D eigenvalue weighted by Crippen LogP contribution is 2.27. The van der Waals surface area contributed by atoms with E-state index in [1.165, 1.54) is 0 Å². The Hall–Kier alpha value is -1.44. The van der Waals surface area contributed by atoms with Crippen LogP contribution in [0.5, 0.6) is 11.5 Å². The molecule has 0 atom stereocenters. The fraction of sp³-hybridized carbons (Fsp3) is 0.273. The Labute approximate surface area is 78.2 Å². The lowest BCUT2D eigenvalue weighted by atomic mass is 10.1. The van der Waals surface area contributed by atoms with Gasteiger partial charge in [0.1, 0.15) is 11.5 Å². The third-order valence-corrected chi connectivity index (χ3v) is 1.80. The number of benzene rings is 1. The molecule has 0 fully saturated rings. The smallest absolute Gasteiger partial charge is 0.126 e. The molecule has 0 saturated carbocycles.